The molecule has 0 aromatic heterocycles. The molecule has 1 N–H and O–H groups in total. The minimum atomic E-state index is -0.0801. The first-order chi connectivity index (χ1) is 12.2. The van der Waals surface area contributed by atoms with Gasteiger partial charge in [-0.05, 0) is 37.5 Å². The Balaban J connectivity index is 1.60. The number of hydrogen-bond acceptors (Lipinski definition) is 4. The van der Waals surface area contributed by atoms with Crippen LogP contribution >= 0.6 is 0 Å². The summed E-state index contributed by atoms with van der Waals surface area (Å²) in [5.41, 5.74) is 0.537. The molecule has 0 unspecified atom stereocenters. The van der Waals surface area contributed by atoms with Crippen molar-refractivity contribution in [3.05, 3.63) is 23.8 Å². The van der Waals surface area contributed by atoms with Crippen LogP contribution in [0, 0.1) is 0 Å². The summed E-state index contributed by atoms with van der Waals surface area (Å²) in [7, 11) is 3.19. The van der Waals surface area contributed by atoms with Gasteiger partial charge in [0.25, 0.3) is 5.91 Å². The highest BCUT2D eigenvalue weighted by Gasteiger charge is 2.30. The van der Waals surface area contributed by atoms with E-state index in [0.717, 1.165) is 19.5 Å². The van der Waals surface area contributed by atoms with Crippen LogP contribution in [0.15, 0.2) is 18.2 Å². The lowest BCUT2D eigenvalue weighted by Crippen LogP contribution is -2.39. The molecule has 1 atom stereocenters. The molecule has 3 rings (SSSR count). The number of likely N-dealkylation sites (tertiary alicyclic amines) is 1. The number of ether oxygens (including phenoxy) is 2. The first-order valence-electron chi connectivity index (χ1n) is 9.48. The first-order valence-corrected chi connectivity index (χ1v) is 9.48. The Labute approximate surface area is 150 Å². The zero-order chi connectivity index (χ0) is 17.6. The fourth-order valence-electron chi connectivity index (χ4n) is 4.11. The van der Waals surface area contributed by atoms with Crippen molar-refractivity contribution >= 4 is 5.91 Å². The van der Waals surface area contributed by atoms with E-state index in [2.05, 4.69) is 10.2 Å². The Bertz CT molecular complexity index is 582. The van der Waals surface area contributed by atoms with Gasteiger partial charge in [-0.2, -0.15) is 0 Å². The van der Waals surface area contributed by atoms with E-state index >= 15 is 0 Å². The van der Waals surface area contributed by atoms with Crippen molar-refractivity contribution in [1.29, 1.82) is 0 Å². The van der Waals surface area contributed by atoms with Crippen molar-refractivity contribution < 1.29 is 14.3 Å². The van der Waals surface area contributed by atoms with Gasteiger partial charge in [0, 0.05) is 25.2 Å². The number of rotatable bonds is 5. The van der Waals surface area contributed by atoms with Gasteiger partial charge in [0.2, 0.25) is 0 Å². The minimum absolute atomic E-state index is 0.0801. The summed E-state index contributed by atoms with van der Waals surface area (Å²) in [6.07, 6.45) is 9.09. The van der Waals surface area contributed by atoms with Gasteiger partial charge in [0.05, 0.1) is 19.8 Å². The highest BCUT2D eigenvalue weighted by atomic mass is 16.5. The molecule has 2 aliphatic rings. The molecule has 2 fully saturated rings. The molecule has 0 radical (unpaired) electrons. The van der Waals surface area contributed by atoms with E-state index in [0.29, 0.717) is 23.1 Å². The van der Waals surface area contributed by atoms with Crippen molar-refractivity contribution in [2.45, 2.75) is 57.0 Å². The zero-order valence-electron chi connectivity index (χ0n) is 15.4. The third-order valence-corrected chi connectivity index (χ3v) is 5.55. The fraction of sp³-hybridized carbons (Fsp3) is 0.650. The summed E-state index contributed by atoms with van der Waals surface area (Å²) in [4.78, 5) is 15.3. The summed E-state index contributed by atoms with van der Waals surface area (Å²) >= 11 is 0. The first kappa shape index (κ1) is 18.1. The summed E-state index contributed by atoms with van der Waals surface area (Å²) < 4.78 is 10.6. The molecule has 1 aliphatic carbocycles. The van der Waals surface area contributed by atoms with Gasteiger partial charge in [-0.1, -0.05) is 25.7 Å². The summed E-state index contributed by atoms with van der Waals surface area (Å²) in [6.45, 7) is 2.05. The lowest BCUT2D eigenvalue weighted by Gasteiger charge is -2.26. The third kappa shape index (κ3) is 4.46. The van der Waals surface area contributed by atoms with Gasteiger partial charge >= 0.3 is 0 Å². The molecule has 1 amide bonds. The Hall–Kier alpha value is -1.75. The number of nitrogens with zero attached hydrogens (tertiary/aromatic N) is 1. The molecule has 0 bridgehead atoms. The molecule has 138 valence electrons. The number of nitrogens with one attached hydrogen (secondary N) is 1. The highest BCUT2D eigenvalue weighted by Crippen LogP contribution is 2.27. The van der Waals surface area contributed by atoms with Crippen LogP contribution in [0.5, 0.6) is 11.5 Å². The predicted octanol–water partition coefficient (Wildman–Crippen LogP) is 3.23. The topological polar surface area (TPSA) is 50.8 Å². The van der Waals surface area contributed by atoms with Gasteiger partial charge in [0.15, 0.2) is 0 Å². The lowest BCUT2D eigenvalue weighted by atomic mass is 10.1. The van der Waals surface area contributed by atoms with Crippen LogP contribution in [0.25, 0.3) is 0 Å². The van der Waals surface area contributed by atoms with E-state index in [4.69, 9.17) is 9.47 Å². The summed E-state index contributed by atoms with van der Waals surface area (Å²) in [5, 5.41) is 3.19. The van der Waals surface area contributed by atoms with E-state index in [1.165, 1.54) is 38.5 Å². The molecule has 1 aliphatic heterocycles. The monoisotopic (exact) mass is 346 g/mol. The van der Waals surface area contributed by atoms with E-state index in [1.807, 2.05) is 0 Å². The maximum absolute atomic E-state index is 12.7. The Morgan fingerprint density at radius 1 is 1.08 bits per heavy atom. The largest absolute Gasteiger partial charge is 0.497 e. The second-order valence-corrected chi connectivity index (χ2v) is 7.17. The SMILES string of the molecule is COc1ccc(OC)c(C(=O)N[C@@H]2CCN(C3CCCCCC3)C2)c1. The second kappa shape index (κ2) is 8.56. The van der Waals surface area contributed by atoms with Crippen molar-refractivity contribution in [2.24, 2.45) is 0 Å². The molecule has 1 saturated heterocycles. The predicted molar refractivity (Wildman–Crippen MR) is 98.5 cm³/mol. The van der Waals surface area contributed by atoms with Crippen molar-refractivity contribution in [2.75, 3.05) is 27.3 Å². The van der Waals surface area contributed by atoms with Gasteiger partial charge in [-0.25, -0.2) is 0 Å². The standard InChI is InChI=1S/C20H30N2O3/c1-24-17-9-10-19(25-2)18(13-17)20(23)21-15-11-12-22(14-15)16-7-5-3-4-6-8-16/h9-10,13,15-16H,3-8,11-12,14H2,1-2H3,(H,21,23)/t15-/m1/s1. The smallest absolute Gasteiger partial charge is 0.255 e. The van der Waals surface area contributed by atoms with Crippen LogP contribution in [-0.4, -0.2) is 50.2 Å². The average molecular weight is 346 g/mol. The normalized spacial score (nSPS) is 22.4. The van der Waals surface area contributed by atoms with Gasteiger partial charge in [-0.3, -0.25) is 9.69 Å². The molecule has 5 heteroatoms. The second-order valence-electron chi connectivity index (χ2n) is 7.17. The number of methoxy groups -OCH3 is 2. The molecule has 1 saturated carbocycles. The van der Waals surface area contributed by atoms with Crippen LogP contribution in [0.3, 0.4) is 0 Å². The van der Waals surface area contributed by atoms with E-state index < -0.39 is 0 Å². The number of benzene rings is 1. The third-order valence-electron chi connectivity index (χ3n) is 5.55. The Morgan fingerprint density at radius 3 is 2.52 bits per heavy atom. The van der Waals surface area contributed by atoms with Gasteiger partial charge in [-0.15, -0.1) is 0 Å². The van der Waals surface area contributed by atoms with Crippen LogP contribution in [0.1, 0.15) is 55.3 Å². The Morgan fingerprint density at radius 2 is 1.84 bits per heavy atom. The quantitative estimate of drug-likeness (QED) is 0.832. The van der Waals surface area contributed by atoms with E-state index in [-0.39, 0.29) is 11.9 Å². The van der Waals surface area contributed by atoms with Crippen molar-refractivity contribution in [1.82, 2.24) is 10.2 Å². The van der Waals surface area contributed by atoms with Crippen LogP contribution in [0.4, 0.5) is 0 Å². The minimum Gasteiger partial charge on any atom is -0.497 e. The van der Waals surface area contributed by atoms with Crippen LogP contribution in [-0.2, 0) is 0 Å². The molecule has 0 spiro atoms. The molecule has 1 aromatic carbocycles. The van der Waals surface area contributed by atoms with Crippen molar-refractivity contribution in [3.63, 3.8) is 0 Å². The number of hydrogen-bond donors (Lipinski definition) is 1. The fourth-order valence-corrected chi connectivity index (χ4v) is 4.11. The molecule has 25 heavy (non-hydrogen) atoms. The number of amides is 1. The average Bonchev–Trinajstić information content (AvgIpc) is 2.93. The lowest BCUT2D eigenvalue weighted by molar-refractivity contribution is 0.0932. The Kier molecular flexibility index (Phi) is 6.19. The van der Waals surface area contributed by atoms with E-state index in [1.54, 1.807) is 32.4 Å². The van der Waals surface area contributed by atoms with Gasteiger partial charge in [0.1, 0.15) is 11.5 Å². The van der Waals surface area contributed by atoms with Crippen molar-refractivity contribution in [3.8, 4) is 11.5 Å². The van der Waals surface area contributed by atoms with Crippen LogP contribution in [0.2, 0.25) is 0 Å². The summed E-state index contributed by atoms with van der Waals surface area (Å²) in [6, 6.07) is 6.24. The molecular formula is C20H30N2O3. The molecular weight excluding hydrogens is 316 g/mol. The number of carbonyl (C=O) groups excluding carboxylic acids is 1. The maximum atomic E-state index is 12.7. The van der Waals surface area contributed by atoms with Crippen LogP contribution < -0.4 is 14.8 Å². The highest BCUT2D eigenvalue weighted by molar-refractivity contribution is 5.97. The molecule has 5 nitrogen and oxygen atoms in total. The summed E-state index contributed by atoms with van der Waals surface area (Å²) in [5.74, 6) is 1.16. The molecule has 1 heterocycles. The zero-order valence-corrected chi connectivity index (χ0v) is 15.4. The van der Waals surface area contributed by atoms with E-state index in [9.17, 15) is 4.79 Å². The van der Waals surface area contributed by atoms with Gasteiger partial charge < -0.3 is 14.8 Å². The maximum Gasteiger partial charge on any atom is 0.255 e. The number of carbonyl (C=O) groups is 1. The molecule has 1 aromatic rings.